The van der Waals surface area contributed by atoms with Crippen LogP contribution in [-0.4, -0.2) is 4.57 Å². The van der Waals surface area contributed by atoms with E-state index in [9.17, 15) is 23.7 Å². The van der Waals surface area contributed by atoms with E-state index in [0.29, 0.717) is 27.7 Å². The van der Waals surface area contributed by atoms with Gasteiger partial charge in [0.1, 0.15) is 12.1 Å². The largest absolute Gasteiger partial charge is 0.416 e. The SMILES string of the molecule is N#Cc1cc(-c2ccccc2)cc(-c2ccccc2-n2c3ccccc3c3ccc(C(F)(F)F)cc32)c1C#N. The first-order valence-corrected chi connectivity index (χ1v) is 12.1. The minimum absolute atomic E-state index is 0.210. The van der Waals surface area contributed by atoms with Crippen LogP contribution in [0.25, 0.3) is 49.7 Å². The summed E-state index contributed by atoms with van der Waals surface area (Å²) < 4.78 is 43.1. The van der Waals surface area contributed by atoms with Crippen molar-refractivity contribution in [3.8, 4) is 40.1 Å². The molecule has 0 unspecified atom stereocenters. The van der Waals surface area contributed by atoms with Crippen molar-refractivity contribution in [2.75, 3.05) is 0 Å². The van der Waals surface area contributed by atoms with E-state index in [4.69, 9.17) is 0 Å². The second kappa shape index (κ2) is 9.20. The molecule has 0 saturated carbocycles. The third-order valence-electron chi connectivity index (χ3n) is 6.91. The van der Waals surface area contributed by atoms with Crippen molar-refractivity contribution in [3.05, 3.63) is 126 Å². The number of fused-ring (bicyclic) bond motifs is 3. The van der Waals surface area contributed by atoms with Crippen LogP contribution in [0, 0.1) is 22.7 Å². The highest BCUT2D eigenvalue weighted by Gasteiger charge is 2.31. The highest BCUT2D eigenvalue weighted by molar-refractivity contribution is 6.10. The number of hydrogen-bond acceptors (Lipinski definition) is 2. The van der Waals surface area contributed by atoms with E-state index < -0.39 is 11.7 Å². The van der Waals surface area contributed by atoms with Crippen LogP contribution in [0.4, 0.5) is 13.2 Å². The topological polar surface area (TPSA) is 52.5 Å². The lowest BCUT2D eigenvalue weighted by Crippen LogP contribution is -2.05. The molecule has 0 bridgehead atoms. The maximum atomic E-state index is 13.8. The number of rotatable bonds is 3. The fraction of sp³-hybridized carbons (Fsp3) is 0.0303. The van der Waals surface area contributed by atoms with Gasteiger partial charge in [0.25, 0.3) is 0 Å². The van der Waals surface area contributed by atoms with Crippen molar-refractivity contribution in [3.63, 3.8) is 0 Å². The summed E-state index contributed by atoms with van der Waals surface area (Å²) in [6, 6.07) is 35.9. The number of halogens is 3. The Labute approximate surface area is 222 Å². The first-order chi connectivity index (χ1) is 18.9. The van der Waals surface area contributed by atoms with Gasteiger partial charge in [0.05, 0.1) is 33.4 Å². The van der Waals surface area contributed by atoms with E-state index in [1.807, 2.05) is 84.9 Å². The molecule has 6 heteroatoms. The summed E-state index contributed by atoms with van der Waals surface area (Å²) in [5.74, 6) is 0. The minimum Gasteiger partial charge on any atom is -0.309 e. The van der Waals surface area contributed by atoms with Gasteiger partial charge in [-0.05, 0) is 47.5 Å². The number of benzene rings is 5. The van der Waals surface area contributed by atoms with Crippen molar-refractivity contribution < 1.29 is 13.2 Å². The van der Waals surface area contributed by atoms with Gasteiger partial charge < -0.3 is 4.57 Å². The fourth-order valence-electron chi connectivity index (χ4n) is 5.16. The Kier molecular flexibility index (Phi) is 5.67. The number of aromatic nitrogens is 1. The maximum Gasteiger partial charge on any atom is 0.416 e. The van der Waals surface area contributed by atoms with Gasteiger partial charge in [0.15, 0.2) is 0 Å². The van der Waals surface area contributed by atoms with E-state index in [1.54, 1.807) is 10.6 Å². The van der Waals surface area contributed by atoms with Gasteiger partial charge >= 0.3 is 6.18 Å². The summed E-state index contributed by atoms with van der Waals surface area (Å²) in [6.45, 7) is 0. The van der Waals surface area contributed by atoms with Gasteiger partial charge in [0.2, 0.25) is 0 Å². The molecule has 1 heterocycles. The van der Waals surface area contributed by atoms with Crippen LogP contribution in [0.3, 0.4) is 0 Å². The van der Waals surface area contributed by atoms with Crippen molar-refractivity contribution in [2.24, 2.45) is 0 Å². The molecule has 0 aliphatic rings. The first-order valence-electron chi connectivity index (χ1n) is 12.1. The molecule has 0 N–H and O–H groups in total. The predicted molar refractivity (Wildman–Crippen MR) is 146 cm³/mol. The highest BCUT2D eigenvalue weighted by Crippen LogP contribution is 2.41. The zero-order valence-corrected chi connectivity index (χ0v) is 20.4. The summed E-state index contributed by atoms with van der Waals surface area (Å²) in [7, 11) is 0. The average molecular weight is 514 g/mol. The van der Waals surface area contributed by atoms with E-state index in [0.717, 1.165) is 28.1 Å². The molecule has 6 aromatic rings. The van der Waals surface area contributed by atoms with Crippen LogP contribution in [0.2, 0.25) is 0 Å². The lowest BCUT2D eigenvalue weighted by Gasteiger charge is -2.17. The van der Waals surface area contributed by atoms with Crippen LogP contribution in [-0.2, 0) is 6.18 Å². The molecule has 3 nitrogen and oxygen atoms in total. The molecule has 6 rings (SSSR count). The first kappa shape index (κ1) is 24.0. The summed E-state index contributed by atoms with van der Waals surface area (Å²) in [5.41, 5.74) is 4.23. The van der Waals surface area contributed by atoms with Crippen LogP contribution in [0.15, 0.2) is 109 Å². The molecule has 0 atom stereocenters. The van der Waals surface area contributed by atoms with Crippen molar-refractivity contribution in [2.45, 2.75) is 6.18 Å². The molecule has 0 fully saturated rings. The molecule has 5 aromatic carbocycles. The molecule has 39 heavy (non-hydrogen) atoms. The molecule has 1 aromatic heterocycles. The molecule has 0 aliphatic heterocycles. The standard InChI is InChI=1S/C33H18F3N3/c34-33(35,36)24-14-15-27-25-10-4-6-12-30(25)39(32(27)18-24)31-13-7-5-11-26(31)28-17-22(21-8-2-1-3-9-21)16-23(19-37)29(28)20-38/h1-18H. The van der Waals surface area contributed by atoms with Crippen molar-refractivity contribution in [1.82, 2.24) is 4.57 Å². The molecule has 186 valence electrons. The molecule has 0 saturated heterocycles. The number of hydrogen-bond donors (Lipinski definition) is 0. The Balaban J connectivity index is 1.71. The molecule has 0 radical (unpaired) electrons. The zero-order valence-electron chi connectivity index (χ0n) is 20.4. The van der Waals surface area contributed by atoms with Crippen LogP contribution < -0.4 is 0 Å². The van der Waals surface area contributed by atoms with Crippen molar-refractivity contribution in [1.29, 1.82) is 10.5 Å². The number of alkyl halides is 3. The average Bonchev–Trinajstić information content (AvgIpc) is 3.30. The molecule has 0 spiro atoms. The third-order valence-corrected chi connectivity index (χ3v) is 6.91. The Hall–Kier alpha value is -5.33. The maximum absolute atomic E-state index is 13.8. The van der Waals surface area contributed by atoms with Gasteiger partial charge in [-0.1, -0.05) is 72.8 Å². The zero-order chi connectivity index (χ0) is 27.1. The smallest absolute Gasteiger partial charge is 0.309 e. The van der Waals surface area contributed by atoms with Crippen LogP contribution >= 0.6 is 0 Å². The Bertz CT molecular complexity index is 1970. The second-order valence-electron chi connectivity index (χ2n) is 9.14. The number of nitriles is 2. The van der Waals surface area contributed by atoms with E-state index >= 15 is 0 Å². The van der Waals surface area contributed by atoms with Gasteiger partial charge in [-0.25, -0.2) is 0 Å². The van der Waals surface area contributed by atoms with E-state index in [1.165, 1.54) is 12.1 Å². The van der Waals surface area contributed by atoms with Crippen LogP contribution in [0.1, 0.15) is 16.7 Å². The quantitative estimate of drug-likeness (QED) is 0.237. The summed E-state index contributed by atoms with van der Waals surface area (Å²) in [5, 5.41) is 21.5. The highest BCUT2D eigenvalue weighted by atomic mass is 19.4. The molecule has 0 amide bonds. The van der Waals surface area contributed by atoms with Gasteiger partial charge in [-0.2, -0.15) is 23.7 Å². The molecular formula is C33H18F3N3. The summed E-state index contributed by atoms with van der Waals surface area (Å²) >= 11 is 0. The molecule has 0 aliphatic carbocycles. The van der Waals surface area contributed by atoms with Gasteiger partial charge in [0, 0.05) is 21.9 Å². The Morgan fingerprint density at radius 2 is 1.28 bits per heavy atom. The van der Waals surface area contributed by atoms with E-state index in [-0.39, 0.29) is 11.1 Å². The Morgan fingerprint density at radius 3 is 2.03 bits per heavy atom. The number of nitrogens with zero attached hydrogens (tertiary/aromatic N) is 3. The normalized spacial score (nSPS) is 11.4. The van der Waals surface area contributed by atoms with Crippen molar-refractivity contribution >= 4 is 21.8 Å². The summed E-state index contributed by atoms with van der Waals surface area (Å²) in [4.78, 5) is 0. The van der Waals surface area contributed by atoms with E-state index in [2.05, 4.69) is 12.1 Å². The predicted octanol–water partition coefficient (Wildman–Crippen LogP) is 8.88. The lowest BCUT2D eigenvalue weighted by atomic mass is 9.90. The third kappa shape index (κ3) is 4.00. The number of para-hydroxylation sites is 2. The van der Waals surface area contributed by atoms with Gasteiger partial charge in [-0.3, -0.25) is 0 Å². The van der Waals surface area contributed by atoms with Gasteiger partial charge in [-0.15, -0.1) is 0 Å². The van der Waals surface area contributed by atoms with Crippen LogP contribution in [0.5, 0.6) is 0 Å². The second-order valence-corrected chi connectivity index (χ2v) is 9.14. The lowest BCUT2D eigenvalue weighted by molar-refractivity contribution is -0.137. The minimum atomic E-state index is -4.51. The fourth-order valence-corrected chi connectivity index (χ4v) is 5.16. The Morgan fingerprint density at radius 1 is 0.590 bits per heavy atom. The monoisotopic (exact) mass is 513 g/mol. The molecular weight excluding hydrogens is 495 g/mol. The summed E-state index contributed by atoms with van der Waals surface area (Å²) in [6.07, 6.45) is -4.51.